The Morgan fingerprint density at radius 1 is 0.300 bits per heavy atom. The molecule has 0 saturated carbocycles. The minimum atomic E-state index is -0.791. The maximum absolute atomic E-state index is 12.8. The van der Waals surface area contributed by atoms with Crippen LogP contribution in [0.1, 0.15) is 258 Å². The van der Waals surface area contributed by atoms with Crippen LogP contribution >= 0.6 is 0 Å². The predicted molar refractivity (Wildman–Crippen MR) is 302 cm³/mol. The number of unbranched alkanes of at least 4 members (excludes halogenated alkanes) is 22. The average molecular weight is 972 g/mol. The summed E-state index contributed by atoms with van der Waals surface area (Å²) in [5, 5.41) is 0. The van der Waals surface area contributed by atoms with E-state index in [9.17, 15) is 14.4 Å². The molecule has 0 spiro atoms. The lowest BCUT2D eigenvalue weighted by atomic mass is 10.1. The van der Waals surface area contributed by atoms with Crippen molar-refractivity contribution in [1.82, 2.24) is 0 Å². The lowest BCUT2D eigenvalue weighted by Crippen LogP contribution is -2.30. The molecule has 0 aromatic rings. The first-order valence-corrected chi connectivity index (χ1v) is 28.9. The quantitative estimate of drug-likeness (QED) is 0.0262. The summed E-state index contributed by atoms with van der Waals surface area (Å²) in [6.45, 7) is 6.44. The second kappa shape index (κ2) is 57.6. The maximum Gasteiger partial charge on any atom is 0.306 e. The van der Waals surface area contributed by atoms with E-state index in [-0.39, 0.29) is 31.1 Å². The highest BCUT2D eigenvalue weighted by Gasteiger charge is 2.19. The van der Waals surface area contributed by atoms with Gasteiger partial charge in [0.1, 0.15) is 13.2 Å². The first-order valence-electron chi connectivity index (χ1n) is 28.9. The van der Waals surface area contributed by atoms with Gasteiger partial charge in [0.25, 0.3) is 0 Å². The summed E-state index contributed by atoms with van der Waals surface area (Å²) >= 11 is 0. The van der Waals surface area contributed by atoms with Crippen molar-refractivity contribution in [2.24, 2.45) is 0 Å². The van der Waals surface area contributed by atoms with Gasteiger partial charge in [0.15, 0.2) is 6.10 Å². The number of carbonyl (C=O) groups excluding carboxylic acids is 3. The van der Waals surface area contributed by atoms with Gasteiger partial charge in [-0.1, -0.05) is 239 Å². The molecule has 1 atom stereocenters. The molecule has 0 rings (SSSR count). The Bertz CT molecular complexity index is 1440. The molecule has 70 heavy (non-hydrogen) atoms. The molecule has 6 nitrogen and oxygen atoms in total. The van der Waals surface area contributed by atoms with Crippen LogP contribution in [0, 0.1) is 0 Å². The zero-order valence-electron chi connectivity index (χ0n) is 45.5. The number of hydrogen-bond acceptors (Lipinski definition) is 6. The van der Waals surface area contributed by atoms with Crippen molar-refractivity contribution in [1.29, 1.82) is 0 Å². The molecule has 0 fully saturated rings. The van der Waals surface area contributed by atoms with Crippen molar-refractivity contribution in [3.8, 4) is 0 Å². The van der Waals surface area contributed by atoms with Crippen molar-refractivity contribution >= 4 is 17.9 Å². The Labute approximate surface area is 431 Å². The zero-order valence-corrected chi connectivity index (χ0v) is 45.5. The first-order chi connectivity index (χ1) is 34.5. The van der Waals surface area contributed by atoms with Crippen molar-refractivity contribution in [2.75, 3.05) is 13.2 Å². The number of ether oxygens (including phenoxy) is 3. The molecule has 0 saturated heterocycles. The van der Waals surface area contributed by atoms with E-state index >= 15 is 0 Å². The Hall–Kier alpha value is -3.93. The van der Waals surface area contributed by atoms with E-state index in [1.807, 2.05) is 0 Å². The molecule has 0 amide bonds. The van der Waals surface area contributed by atoms with Gasteiger partial charge >= 0.3 is 17.9 Å². The molecule has 0 radical (unpaired) electrons. The van der Waals surface area contributed by atoms with Gasteiger partial charge in [-0.05, 0) is 109 Å². The molecule has 0 aromatic heterocycles. The summed E-state index contributed by atoms with van der Waals surface area (Å²) in [4.78, 5) is 38.0. The molecule has 0 aliphatic rings. The monoisotopic (exact) mass is 971 g/mol. The predicted octanol–water partition coefficient (Wildman–Crippen LogP) is 19.5. The van der Waals surface area contributed by atoms with E-state index in [1.165, 1.54) is 83.5 Å². The van der Waals surface area contributed by atoms with Crippen LogP contribution in [-0.2, 0) is 28.6 Å². The van der Waals surface area contributed by atoms with Crippen LogP contribution in [0.25, 0.3) is 0 Å². The van der Waals surface area contributed by atoms with Crippen LogP contribution in [0.2, 0.25) is 0 Å². The lowest BCUT2D eigenvalue weighted by Gasteiger charge is -2.18. The van der Waals surface area contributed by atoms with E-state index in [4.69, 9.17) is 14.2 Å². The molecule has 0 aromatic carbocycles. The van der Waals surface area contributed by atoms with Gasteiger partial charge in [0.05, 0.1) is 0 Å². The van der Waals surface area contributed by atoms with E-state index in [2.05, 4.69) is 130 Å². The summed E-state index contributed by atoms with van der Waals surface area (Å²) in [5.41, 5.74) is 0. The second-order valence-electron chi connectivity index (χ2n) is 18.8. The summed E-state index contributed by atoms with van der Waals surface area (Å²) in [7, 11) is 0. The number of hydrogen-bond donors (Lipinski definition) is 0. The number of carbonyl (C=O) groups is 3. The molecule has 0 aliphatic heterocycles. The molecular weight excluding hydrogens is 865 g/mol. The zero-order chi connectivity index (χ0) is 50.7. The Kier molecular flexibility index (Phi) is 54.4. The highest BCUT2D eigenvalue weighted by atomic mass is 16.6. The highest BCUT2D eigenvalue weighted by molar-refractivity contribution is 5.71. The van der Waals surface area contributed by atoms with Crippen LogP contribution in [0.15, 0.2) is 109 Å². The first kappa shape index (κ1) is 66.1. The van der Waals surface area contributed by atoms with E-state index in [1.54, 1.807) is 0 Å². The maximum atomic E-state index is 12.8. The summed E-state index contributed by atoms with van der Waals surface area (Å²) in [5.74, 6) is -0.921. The molecule has 0 N–H and O–H groups in total. The van der Waals surface area contributed by atoms with Crippen molar-refractivity contribution in [2.45, 2.75) is 264 Å². The highest BCUT2D eigenvalue weighted by Crippen LogP contribution is 2.14. The van der Waals surface area contributed by atoms with Gasteiger partial charge in [-0.2, -0.15) is 0 Å². The molecule has 0 aliphatic carbocycles. The molecule has 398 valence electrons. The Morgan fingerprint density at radius 3 is 0.900 bits per heavy atom. The van der Waals surface area contributed by atoms with Crippen molar-refractivity contribution in [3.05, 3.63) is 109 Å². The topological polar surface area (TPSA) is 78.9 Å². The summed E-state index contributed by atoms with van der Waals surface area (Å²) in [6.07, 6.45) is 78.0. The smallest absolute Gasteiger partial charge is 0.306 e. The Balaban J connectivity index is 4.31. The Morgan fingerprint density at radius 2 is 0.557 bits per heavy atom. The summed E-state index contributed by atoms with van der Waals surface area (Å²) < 4.78 is 16.8. The van der Waals surface area contributed by atoms with Crippen LogP contribution in [0.4, 0.5) is 0 Å². The van der Waals surface area contributed by atoms with Crippen molar-refractivity contribution in [3.63, 3.8) is 0 Å². The van der Waals surface area contributed by atoms with Crippen LogP contribution in [0.5, 0.6) is 0 Å². The van der Waals surface area contributed by atoms with Gasteiger partial charge in [0.2, 0.25) is 0 Å². The SMILES string of the molecule is CC/C=C\C/C=C\C/C=C\C/C=C\C/C=C\C/C=C\CCCCCCCCC(=O)OCC(COC(=O)CCCCCCCCCC)OC(=O)CCCCCCCC/C=C\C/C=C\C/C=C\CCCCC. The fourth-order valence-electron chi connectivity index (χ4n) is 7.69. The third kappa shape index (κ3) is 55.0. The molecule has 1 unspecified atom stereocenters. The number of allylic oxidation sites excluding steroid dienone is 18. The third-order valence-corrected chi connectivity index (χ3v) is 12.0. The minimum Gasteiger partial charge on any atom is -0.462 e. The van der Waals surface area contributed by atoms with Crippen LogP contribution < -0.4 is 0 Å². The fourth-order valence-corrected chi connectivity index (χ4v) is 7.69. The van der Waals surface area contributed by atoms with E-state index in [0.29, 0.717) is 19.3 Å². The average Bonchev–Trinajstić information content (AvgIpc) is 3.36. The largest absolute Gasteiger partial charge is 0.462 e. The van der Waals surface area contributed by atoms with Crippen molar-refractivity contribution < 1.29 is 28.6 Å². The lowest BCUT2D eigenvalue weighted by molar-refractivity contribution is -0.167. The van der Waals surface area contributed by atoms with Gasteiger partial charge in [-0.25, -0.2) is 0 Å². The van der Waals surface area contributed by atoms with E-state index in [0.717, 1.165) is 135 Å². The van der Waals surface area contributed by atoms with Crippen LogP contribution in [0.3, 0.4) is 0 Å². The second-order valence-corrected chi connectivity index (χ2v) is 18.8. The standard InChI is InChI=1S/C64H106O6/c1-4-7-10-13-16-19-21-23-25-27-29-30-31-32-33-34-36-37-39-41-43-45-48-51-54-57-63(66)69-60-61(59-68-62(65)56-53-50-47-18-15-12-9-6-3)70-64(67)58-55-52-49-46-44-42-40-38-35-28-26-24-22-20-17-14-11-8-5-2/h7,10,16-17,19-20,23-26,29-30,32-33,35-38,61H,4-6,8-9,11-15,18,21-22,27-28,31,34,39-60H2,1-3H3/b10-7-,19-16-,20-17-,25-23-,26-24-,30-29-,33-32-,37-36-,38-35-. The molecular formula is C64H106O6. The molecule has 0 bridgehead atoms. The minimum absolute atomic E-state index is 0.0886. The van der Waals surface area contributed by atoms with Gasteiger partial charge in [-0.15, -0.1) is 0 Å². The van der Waals surface area contributed by atoms with Gasteiger partial charge in [-0.3, -0.25) is 14.4 Å². The fraction of sp³-hybridized carbons (Fsp3) is 0.672. The number of esters is 3. The normalized spacial score (nSPS) is 12.9. The van der Waals surface area contributed by atoms with Gasteiger partial charge < -0.3 is 14.2 Å². The molecule has 0 heterocycles. The summed E-state index contributed by atoms with van der Waals surface area (Å²) in [6, 6.07) is 0. The van der Waals surface area contributed by atoms with E-state index < -0.39 is 6.10 Å². The van der Waals surface area contributed by atoms with Crippen LogP contribution in [-0.4, -0.2) is 37.2 Å². The third-order valence-electron chi connectivity index (χ3n) is 12.0. The number of rotatable bonds is 51. The van der Waals surface area contributed by atoms with Gasteiger partial charge in [0, 0.05) is 19.3 Å². The molecule has 6 heteroatoms.